The van der Waals surface area contributed by atoms with Crippen LogP contribution in [-0.4, -0.2) is 41.7 Å². The van der Waals surface area contributed by atoms with Gasteiger partial charge in [-0.1, -0.05) is 17.7 Å². The van der Waals surface area contributed by atoms with Gasteiger partial charge in [-0.25, -0.2) is 0 Å². The van der Waals surface area contributed by atoms with Gasteiger partial charge in [0.05, 0.1) is 5.25 Å². The number of hydrogen-bond donors (Lipinski definition) is 1. The molecule has 0 aromatic heterocycles. The van der Waals surface area contributed by atoms with Gasteiger partial charge in [0.25, 0.3) is 0 Å². The van der Waals surface area contributed by atoms with Crippen LogP contribution < -0.4 is 5.32 Å². The van der Waals surface area contributed by atoms with Crippen molar-refractivity contribution in [3.63, 3.8) is 0 Å². The summed E-state index contributed by atoms with van der Waals surface area (Å²) in [6.45, 7) is 8.80. The van der Waals surface area contributed by atoms with Gasteiger partial charge >= 0.3 is 0 Å². The summed E-state index contributed by atoms with van der Waals surface area (Å²) in [5, 5.41) is 3.29. The minimum atomic E-state index is -0.0248. The van der Waals surface area contributed by atoms with Crippen LogP contribution in [0.25, 0.3) is 0 Å². The molecule has 20 heavy (non-hydrogen) atoms. The molecule has 0 aliphatic carbocycles. The Kier molecular flexibility index (Phi) is 6.86. The number of benzene rings is 1. The third kappa shape index (κ3) is 4.40. The van der Waals surface area contributed by atoms with Gasteiger partial charge in [0.2, 0.25) is 5.91 Å². The van der Waals surface area contributed by atoms with E-state index < -0.39 is 0 Å². The first-order valence-corrected chi connectivity index (χ1v) is 7.70. The maximum Gasteiger partial charge on any atom is 0.236 e. The van der Waals surface area contributed by atoms with E-state index in [1.54, 1.807) is 11.8 Å². The zero-order chi connectivity index (χ0) is 13.8. The number of nitrogens with zero attached hydrogens (tertiary/aromatic N) is 1. The fourth-order valence-corrected chi connectivity index (χ4v) is 3.21. The molecule has 1 aromatic rings. The van der Waals surface area contributed by atoms with Gasteiger partial charge in [0, 0.05) is 30.6 Å². The monoisotopic (exact) mass is 314 g/mol. The Labute approximate surface area is 131 Å². The molecule has 3 nitrogen and oxygen atoms in total. The summed E-state index contributed by atoms with van der Waals surface area (Å²) in [5.74, 6) is 0.250. The van der Waals surface area contributed by atoms with Crippen molar-refractivity contribution < 1.29 is 4.79 Å². The van der Waals surface area contributed by atoms with Gasteiger partial charge in [-0.2, -0.15) is 0 Å². The van der Waals surface area contributed by atoms with Gasteiger partial charge in [-0.3, -0.25) is 4.79 Å². The lowest BCUT2D eigenvalue weighted by atomic mass is 10.2. The minimum Gasteiger partial charge on any atom is -0.336 e. The Morgan fingerprint density at radius 2 is 2.05 bits per heavy atom. The van der Waals surface area contributed by atoms with E-state index in [2.05, 4.69) is 43.4 Å². The van der Waals surface area contributed by atoms with Crippen molar-refractivity contribution in [2.75, 3.05) is 19.6 Å². The molecule has 1 fully saturated rings. The Morgan fingerprint density at radius 3 is 2.65 bits per heavy atom. The topological polar surface area (TPSA) is 32.3 Å². The van der Waals surface area contributed by atoms with E-state index >= 15 is 0 Å². The summed E-state index contributed by atoms with van der Waals surface area (Å²) >= 11 is 1.64. The van der Waals surface area contributed by atoms with Crippen LogP contribution in [0.5, 0.6) is 0 Å². The van der Waals surface area contributed by atoms with Crippen LogP contribution in [0.2, 0.25) is 0 Å². The van der Waals surface area contributed by atoms with Gasteiger partial charge < -0.3 is 10.2 Å². The highest BCUT2D eigenvalue weighted by Gasteiger charge is 2.27. The van der Waals surface area contributed by atoms with Crippen LogP contribution in [-0.2, 0) is 4.79 Å². The summed E-state index contributed by atoms with van der Waals surface area (Å²) in [6.07, 6.45) is 0. The van der Waals surface area contributed by atoms with Crippen molar-refractivity contribution in [2.24, 2.45) is 0 Å². The molecular formula is C15H23ClN2OS. The maximum absolute atomic E-state index is 12.5. The average molecular weight is 315 g/mol. The fraction of sp³-hybridized carbons (Fsp3) is 0.533. The third-order valence-corrected chi connectivity index (χ3v) is 4.57. The highest BCUT2D eigenvalue weighted by molar-refractivity contribution is 8.00. The zero-order valence-electron chi connectivity index (χ0n) is 12.3. The Morgan fingerprint density at radius 1 is 1.40 bits per heavy atom. The second kappa shape index (κ2) is 7.91. The fourth-order valence-electron chi connectivity index (χ4n) is 2.27. The summed E-state index contributed by atoms with van der Waals surface area (Å²) in [4.78, 5) is 15.6. The smallest absolute Gasteiger partial charge is 0.236 e. The van der Waals surface area contributed by atoms with Crippen LogP contribution in [0.15, 0.2) is 29.2 Å². The molecule has 1 unspecified atom stereocenters. The first-order valence-electron chi connectivity index (χ1n) is 6.82. The quantitative estimate of drug-likeness (QED) is 0.871. The summed E-state index contributed by atoms with van der Waals surface area (Å²) in [5.41, 5.74) is 1.25. The van der Waals surface area contributed by atoms with E-state index in [1.165, 1.54) is 5.56 Å². The Hall–Kier alpha value is -0.710. The lowest BCUT2D eigenvalue weighted by molar-refractivity contribution is -0.133. The van der Waals surface area contributed by atoms with Crippen molar-refractivity contribution in [3.05, 3.63) is 29.8 Å². The van der Waals surface area contributed by atoms with Crippen LogP contribution >= 0.6 is 24.2 Å². The number of thioether (sulfide) groups is 1. The molecule has 1 N–H and O–H groups in total. The number of carbonyl (C=O) groups is 1. The summed E-state index contributed by atoms with van der Waals surface area (Å²) in [7, 11) is 0. The summed E-state index contributed by atoms with van der Waals surface area (Å²) < 4.78 is 0. The molecule has 5 heteroatoms. The molecule has 1 aliphatic rings. The molecule has 2 atom stereocenters. The van der Waals surface area contributed by atoms with Gasteiger partial charge in [-0.15, -0.1) is 24.2 Å². The SMILES string of the molecule is Cc1ccc(SC(C)C(=O)N2CCNC[C@@H]2C)cc1.Cl. The molecule has 0 radical (unpaired) electrons. The molecule has 1 aliphatic heterocycles. The van der Waals surface area contributed by atoms with Crippen LogP contribution in [0.3, 0.4) is 0 Å². The Balaban J connectivity index is 0.00000200. The molecule has 2 rings (SSSR count). The predicted octanol–water partition coefficient (Wildman–Crippen LogP) is 2.72. The van der Waals surface area contributed by atoms with Crippen molar-refractivity contribution in [2.45, 2.75) is 37.0 Å². The average Bonchev–Trinajstić information content (AvgIpc) is 2.41. The van der Waals surface area contributed by atoms with E-state index in [1.807, 2.05) is 11.8 Å². The van der Waals surface area contributed by atoms with Crippen molar-refractivity contribution in [3.8, 4) is 0 Å². The zero-order valence-corrected chi connectivity index (χ0v) is 13.9. The highest BCUT2D eigenvalue weighted by Crippen LogP contribution is 2.25. The number of hydrogen-bond acceptors (Lipinski definition) is 3. The largest absolute Gasteiger partial charge is 0.336 e. The minimum absolute atomic E-state index is 0. The molecule has 1 heterocycles. The number of carbonyl (C=O) groups excluding carboxylic acids is 1. The van der Waals surface area contributed by atoms with Crippen molar-refractivity contribution in [1.82, 2.24) is 10.2 Å². The van der Waals surface area contributed by atoms with Crippen LogP contribution in [0.1, 0.15) is 19.4 Å². The normalized spacial score (nSPS) is 20.1. The molecular weight excluding hydrogens is 292 g/mol. The van der Waals surface area contributed by atoms with E-state index in [0.717, 1.165) is 24.5 Å². The van der Waals surface area contributed by atoms with E-state index in [-0.39, 0.29) is 23.6 Å². The molecule has 0 saturated carbocycles. The number of piperazine rings is 1. The maximum atomic E-state index is 12.5. The number of aryl methyl sites for hydroxylation is 1. The third-order valence-electron chi connectivity index (χ3n) is 3.47. The number of nitrogens with one attached hydrogen (secondary N) is 1. The second-order valence-corrected chi connectivity index (χ2v) is 6.57. The summed E-state index contributed by atoms with van der Waals surface area (Å²) in [6, 6.07) is 8.65. The standard InChI is InChI=1S/C15H22N2OS.ClH/c1-11-4-6-14(7-5-11)19-13(3)15(18)17-9-8-16-10-12(17)2;/h4-7,12-13,16H,8-10H2,1-3H3;1H/t12-,13?;/m0./s1. The highest BCUT2D eigenvalue weighted by atomic mass is 35.5. The number of halogens is 1. The number of amides is 1. The lowest BCUT2D eigenvalue weighted by Gasteiger charge is -2.35. The van der Waals surface area contributed by atoms with Crippen molar-refractivity contribution >= 4 is 30.1 Å². The lowest BCUT2D eigenvalue weighted by Crippen LogP contribution is -2.54. The van der Waals surface area contributed by atoms with Crippen molar-refractivity contribution in [1.29, 1.82) is 0 Å². The van der Waals surface area contributed by atoms with Gasteiger partial charge in [0.15, 0.2) is 0 Å². The van der Waals surface area contributed by atoms with Crippen LogP contribution in [0, 0.1) is 6.92 Å². The number of rotatable bonds is 3. The molecule has 1 amide bonds. The van der Waals surface area contributed by atoms with E-state index in [0.29, 0.717) is 6.04 Å². The molecule has 112 valence electrons. The van der Waals surface area contributed by atoms with E-state index in [4.69, 9.17) is 0 Å². The molecule has 1 saturated heterocycles. The molecule has 1 aromatic carbocycles. The van der Waals surface area contributed by atoms with E-state index in [9.17, 15) is 4.79 Å². The first-order chi connectivity index (χ1) is 9.08. The van der Waals surface area contributed by atoms with Crippen LogP contribution in [0.4, 0.5) is 0 Å². The van der Waals surface area contributed by atoms with Gasteiger partial charge in [0.1, 0.15) is 0 Å². The second-order valence-electron chi connectivity index (χ2n) is 5.16. The predicted molar refractivity (Wildman–Crippen MR) is 87.8 cm³/mol. The van der Waals surface area contributed by atoms with Gasteiger partial charge in [-0.05, 0) is 32.9 Å². The molecule has 0 spiro atoms. The first kappa shape index (κ1) is 17.3. The Bertz CT molecular complexity index is 438. The molecule has 0 bridgehead atoms.